The van der Waals surface area contributed by atoms with E-state index in [-0.39, 0.29) is 30.3 Å². The van der Waals surface area contributed by atoms with E-state index < -0.39 is 17.3 Å². The van der Waals surface area contributed by atoms with Crippen LogP contribution in [0, 0.1) is 11.3 Å². The van der Waals surface area contributed by atoms with Crippen LogP contribution in [0.15, 0.2) is 29.3 Å². The third-order valence-electron chi connectivity index (χ3n) is 6.98. The van der Waals surface area contributed by atoms with Gasteiger partial charge >= 0.3 is 6.18 Å². The first-order chi connectivity index (χ1) is 18.2. The molecule has 0 bridgehead atoms. The Hall–Kier alpha value is -3.66. The number of aromatic nitrogens is 3. The van der Waals surface area contributed by atoms with Crippen molar-refractivity contribution in [3.8, 4) is 6.07 Å². The third kappa shape index (κ3) is 6.42. The predicted octanol–water partition coefficient (Wildman–Crippen LogP) is 2.56. The van der Waals surface area contributed by atoms with Crippen molar-refractivity contribution in [1.82, 2.24) is 20.1 Å². The Morgan fingerprint density at radius 1 is 1.24 bits per heavy atom. The summed E-state index contributed by atoms with van der Waals surface area (Å²) in [5, 5.41) is 14.4. The smallest absolute Gasteiger partial charge is 0.376 e. The molecule has 0 saturated carbocycles. The van der Waals surface area contributed by atoms with E-state index in [4.69, 9.17) is 10.00 Å². The molecule has 0 radical (unpaired) electrons. The van der Waals surface area contributed by atoms with Crippen LogP contribution in [0.4, 0.5) is 24.7 Å². The number of carbonyl (C=O) groups is 1. The van der Waals surface area contributed by atoms with Gasteiger partial charge in [0.2, 0.25) is 5.91 Å². The van der Waals surface area contributed by atoms with Crippen LogP contribution in [0.2, 0.25) is 0 Å². The highest BCUT2D eigenvalue weighted by atomic mass is 19.4. The average Bonchev–Trinajstić information content (AvgIpc) is 3.38. The summed E-state index contributed by atoms with van der Waals surface area (Å²) in [6, 6.07) is 5.25. The van der Waals surface area contributed by atoms with Gasteiger partial charge in [-0.2, -0.15) is 23.5 Å². The van der Waals surface area contributed by atoms with E-state index in [1.165, 1.54) is 6.20 Å². The molecule has 10 nitrogen and oxygen atoms in total. The van der Waals surface area contributed by atoms with Crippen molar-refractivity contribution in [3.05, 3.63) is 46.0 Å². The number of alkyl halides is 3. The first-order valence-electron chi connectivity index (χ1n) is 12.6. The minimum Gasteiger partial charge on any atom is -0.376 e. The molecule has 1 N–H and O–H groups in total. The molecule has 2 saturated heterocycles. The molecule has 0 aromatic carbocycles. The zero-order chi connectivity index (χ0) is 27.3. The number of H-pyrrole nitrogens is 1. The lowest BCUT2D eigenvalue weighted by Gasteiger charge is -2.35. The van der Waals surface area contributed by atoms with Gasteiger partial charge in [0.05, 0.1) is 36.2 Å². The van der Waals surface area contributed by atoms with E-state index in [1.807, 2.05) is 23.0 Å². The molecule has 2 aliphatic heterocycles. The first-order valence-corrected chi connectivity index (χ1v) is 12.6. The van der Waals surface area contributed by atoms with Gasteiger partial charge in [-0.05, 0) is 38.3 Å². The largest absolute Gasteiger partial charge is 0.423 e. The molecule has 204 valence electrons. The lowest BCUT2D eigenvalue weighted by atomic mass is 10.1. The molecule has 13 heteroatoms. The number of nitrogens with zero attached hydrogens (tertiary/aromatic N) is 6. The normalized spacial score (nSPS) is 18.9. The number of ether oxygens (including phenoxy) is 1. The fourth-order valence-corrected chi connectivity index (χ4v) is 4.87. The second-order valence-electron chi connectivity index (χ2n) is 9.51. The molecule has 2 aliphatic rings. The minimum absolute atomic E-state index is 0.0276. The maximum absolute atomic E-state index is 13.5. The van der Waals surface area contributed by atoms with E-state index in [0.717, 1.165) is 12.0 Å². The number of anilines is 2. The number of pyridine rings is 1. The molecule has 2 atom stereocenters. The lowest BCUT2D eigenvalue weighted by Crippen LogP contribution is -2.49. The number of amides is 1. The average molecular weight is 534 g/mol. The summed E-state index contributed by atoms with van der Waals surface area (Å²) in [5.41, 5.74) is -2.24. The van der Waals surface area contributed by atoms with Crippen LogP contribution in [0.25, 0.3) is 0 Å². The summed E-state index contributed by atoms with van der Waals surface area (Å²) in [6.45, 7) is 4.83. The minimum atomic E-state index is -4.79. The van der Waals surface area contributed by atoms with E-state index in [2.05, 4.69) is 15.0 Å². The summed E-state index contributed by atoms with van der Waals surface area (Å²) < 4.78 is 46.5. The Bertz CT molecular complexity index is 1200. The second-order valence-corrected chi connectivity index (χ2v) is 9.51. The number of hydrogen-bond donors (Lipinski definition) is 1. The Balaban J connectivity index is 1.23. The summed E-state index contributed by atoms with van der Waals surface area (Å²) >= 11 is 0. The molecule has 0 spiro atoms. The molecular weight excluding hydrogens is 503 g/mol. The monoisotopic (exact) mass is 533 g/mol. The zero-order valence-corrected chi connectivity index (χ0v) is 21.1. The number of aromatic amines is 1. The molecule has 2 aromatic rings. The zero-order valence-electron chi connectivity index (χ0n) is 21.1. The fourth-order valence-electron chi connectivity index (χ4n) is 4.87. The maximum atomic E-state index is 13.5. The fraction of sp³-hybridized carbons (Fsp3) is 0.560. The molecule has 1 unspecified atom stereocenters. The van der Waals surface area contributed by atoms with Gasteiger partial charge in [0.15, 0.2) is 0 Å². The Labute approximate surface area is 218 Å². The number of carbonyl (C=O) groups excluding carboxylic acids is 1. The van der Waals surface area contributed by atoms with E-state index in [1.54, 1.807) is 17.0 Å². The number of nitriles is 1. The standard InChI is InChI=1S/C25H30F3N7O3/c1-17(4-7-22(36)34-11-9-33(10-12-34)21-6-5-18(13-29)14-30-21)38-16-19-3-2-8-35(19)20-15-31-32-24(37)23(20)25(26,27)28/h5-6,14-15,17,19H,2-4,7-12,16H2,1H3,(H,32,37)/t17?,19-/m0/s1. The highest BCUT2D eigenvalue weighted by Crippen LogP contribution is 2.36. The molecule has 1 amide bonds. The Morgan fingerprint density at radius 3 is 2.66 bits per heavy atom. The highest BCUT2D eigenvalue weighted by molar-refractivity contribution is 5.76. The molecule has 2 fully saturated rings. The molecule has 38 heavy (non-hydrogen) atoms. The van der Waals surface area contributed by atoms with Crippen molar-refractivity contribution in [2.45, 2.75) is 50.9 Å². The van der Waals surface area contributed by atoms with Crippen LogP contribution in [-0.4, -0.2) is 77.5 Å². The summed E-state index contributed by atoms with van der Waals surface area (Å²) in [4.78, 5) is 34.3. The number of rotatable bonds is 8. The van der Waals surface area contributed by atoms with Gasteiger partial charge in [-0.25, -0.2) is 10.1 Å². The molecule has 4 rings (SSSR count). The van der Waals surface area contributed by atoms with Crippen molar-refractivity contribution in [2.24, 2.45) is 0 Å². The van der Waals surface area contributed by atoms with Gasteiger partial charge in [-0.1, -0.05) is 0 Å². The van der Waals surface area contributed by atoms with Crippen molar-refractivity contribution in [3.63, 3.8) is 0 Å². The second kappa shape index (κ2) is 11.8. The summed E-state index contributed by atoms with van der Waals surface area (Å²) in [6.07, 6.45) is -0.373. The van der Waals surface area contributed by atoms with Crippen LogP contribution in [-0.2, 0) is 15.7 Å². The van der Waals surface area contributed by atoms with Crippen molar-refractivity contribution in [1.29, 1.82) is 5.26 Å². The Morgan fingerprint density at radius 2 is 2.00 bits per heavy atom. The SMILES string of the molecule is CC(CCC(=O)N1CCN(c2ccc(C#N)cn2)CC1)OC[C@@H]1CCCN1c1cn[nH]c(=O)c1C(F)(F)F. The van der Waals surface area contributed by atoms with Crippen LogP contribution >= 0.6 is 0 Å². The Kier molecular flexibility index (Phi) is 8.51. The topological polar surface area (TPSA) is 118 Å². The van der Waals surface area contributed by atoms with Crippen molar-refractivity contribution >= 4 is 17.4 Å². The lowest BCUT2D eigenvalue weighted by molar-refractivity contribution is -0.138. The molecule has 2 aromatic heterocycles. The third-order valence-corrected chi connectivity index (χ3v) is 6.98. The predicted molar refractivity (Wildman–Crippen MR) is 133 cm³/mol. The van der Waals surface area contributed by atoms with E-state index in [9.17, 15) is 22.8 Å². The molecular formula is C25H30F3N7O3. The maximum Gasteiger partial charge on any atom is 0.423 e. The number of halogens is 3. The van der Waals surface area contributed by atoms with E-state index >= 15 is 0 Å². The van der Waals surface area contributed by atoms with Gasteiger partial charge in [-0.3, -0.25) is 9.59 Å². The number of nitrogens with one attached hydrogen (secondary N) is 1. The van der Waals surface area contributed by atoms with Gasteiger partial charge in [0.25, 0.3) is 5.56 Å². The van der Waals surface area contributed by atoms with Gasteiger partial charge < -0.3 is 19.4 Å². The van der Waals surface area contributed by atoms with Crippen LogP contribution in [0.3, 0.4) is 0 Å². The first kappa shape index (κ1) is 27.4. The van der Waals surface area contributed by atoms with Crippen LogP contribution < -0.4 is 15.4 Å². The summed E-state index contributed by atoms with van der Waals surface area (Å²) in [7, 11) is 0. The van der Waals surface area contributed by atoms with Crippen molar-refractivity contribution < 1.29 is 22.7 Å². The van der Waals surface area contributed by atoms with Gasteiger partial charge in [-0.15, -0.1) is 0 Å². The highest BCUT2D eigenvalue weighted by Gasteiger charge is 2.40. The van der Waals surface area contributed by atoms with Crippen LogP contribution in [0.5, 0.6) is 0 Å². The van der Waals surface area contributed by atoms with Crippen molar-refractivity contribution in [2.75, 3.05) is 49.1 Å². The molecule has 0 aliphatic carbocycles. The van der Waals surface area contributed by atoms with Gasteiger partial charge in [0.1, 0.15) is 17.5 Å². The quantitative estimate of drug-likeness (QED) is 0.550. The number of hydrogen-bond acceptors (Lipinski definition) is 8. The van der Waals surface area contributed by atoms with E-state index in [0.29, 0.717) is 64.0 Å². The number of piperazine rings is 1. The molecule has 4 heterocycles. The van der Waals surface area contributed by atoms with Crippen LogP contribution in [0.1, 0.15) is 43.7 Å². The summed E-state index contributed by atoms with van der Waals surface area (Å²) in [5.74, 6) is 0.803. The van der Waals surface area contributed by atoms with Gasteiger partial charge in [0, 0.05) is 45.3 Å².